The molecule has 6 aromatic carbocycles. The minimum Gasteiger partial charge on any atom is -0.392 e. The molecule has 0 aromatic heterocycles. The third kappa shape index (κ3) is 7.76. The van der Waals surface area contributed by atoms with Crippen molar-refractivity contribution in [3.05, 3.63) is 163 Å². The second kappa shape index (κ2) is 15.5. The summed E-state index contributed by atoms with van der Waals surface area (Å²) in [6, 6.07) is 32.8. The van der Waals surface area contributed by atoms with E-state index in [2.05, 4.69) is 203 Å². The van der Waals surface area contributed by atoms with Crippen molar-refractivity contribution in [2.45, 2.75) is 141 Å². The van der Waals surface area contributed by atoms with E-state index >= 15 is 0 Å². The molecule has 58 heavy (non-hydrogen) atoms. The van der Waals surface area contributed by atoms with Gasteiger partial charge in [0.1, 0.15) is 0 Å². The first-order valence-corrected chi connectivity index (χ1v) is 21.3. The topological polar surface area (TPSA) is 20.2 Å². The fraction of sp³-hybridized carbons (Fsp3) is 0.368. The summed E-state index contributed by atoms with van der Waals surface area (Å²) in [6.07, 6.45) is 0. The van der Waals surface area contributed by atoms with Gasteiger partial charge in [0, 0.05) is 5.41 Å². The molecule has 0 radical (unpaired) electrons. The van der Waals surface area contributed by atoms with Gasteiger partial charge in [-0.2, -0.15) is 0 Å². The van der Waals surface area contributed by atoms with Gasteiger partial charge in [0.05, 0.1) is 6.61 Å². The minimum absolute atomic E-state index is 0.0446. The maximum absolute atomic E-state index is 11.5. The van der Waals surface area contributed by atoms with E-state index < -0.39 is 5.41 Å². The first-order valence-electron chi connectivity index (χ1n) is 21.3. The highest BCUT2D eigenvalue weighted by Crippen LogP contribution is 2.47. The molecular weight excluding hydrogens is 701 g/mol. The second-order valence-corrected chi connectivity index (χ2v) is 20.0. The molecule has 0 heterocycles. The number of hydrogen-bond acceptors (Lipinski definition) is 1. The first-order chi connectivity index (χ1) is 27.0. The molecule has 1 nitrogen and oxygen atoms in total. The normalized spacial score (nSPS) is 12.4. The highest BCUT2D eigenvalue weighted by atomic mass is 16.3. The Balaban J connectivity index is 1.71. The molecule has 1 heteroatoms. The van der Waals surface area contributed by atoms with Gasteiger partial charge >= 0.3 is 0 Å². The van der Waals surface area contributed by atoms with Crippen LogP contribution in [0.1, 0.15) is 133 Å². The Morgan fingerprint density at radius 1 is 0.362 bits per heavy atom. The molecule has 1 N–H and O–H groups in total. The molecule has 0 spiro atoms. The van der Waals surface area contributed by atoms with Gasteiger partial charge in [-0.05, 0) is 220 Å². The zero-order valence-electron chi connectivity index (χ0n) is 38.7. The van der Waals surface area contributed by atoms with E-state index in [-0.39, 0.29) is 17.4 Å². The van der Waals surface area contributed by atoms with Crippen molar-refractivity contribution in [3.63, 3.8) is 0 Å². The van der Waals surface area contributed by atoms with E-state index in [0.29, 0.717) is 0 Å². The summed E-state index contributed by atoms with van der Waals surface area (Å²) >= 11 is 0. The van der Waals surface area contributed by atoms with Crippen LogP contribution in [0.3, 0.4) is 0 Å². The highest BCUT2D eigenvalue weighted by molar-refractivity contribution is 5.87. The third-order valence-corrected chi connectivity index (χ3v) is 13.7. The number of aliphatic hydroxyl groups excluding tert-OH is 1. The van der Waals surface area contributed by atoms with Crippen LogP contribution in [0.15, 0.2) is 84.9 Å². The molecule has 0 bridgehead atoms. The summed E-state index contributed by atoms with van der Waals surface area (Å²) in [5.74, 6) is 0. The van der Waals surface area contributed by atoms with Crippen LogP contribution >= 0.6 is 0 Å². The Hall–Kier alpha value is -4.72. The Labute approximate surface area is 351 Å². The van der Waals surface area contributed by atoms with Crippen LogP contribution in [0.5, 0.6) is 0 Å². The van der Waals surface area contributed by atoms with Crippen LogP contribution in [0, 0.1) is 62.3 Å². The predicted octanol–water partition coefficient (Wildman–Crippen LogP) is 15.5. The SMILES string of the molecule is Cc1cc(C)c(C)c(-c2cc(C(C)(C)c3cc(-c4ccc(C(C)(C)C)cc4)c(C)c(-c4ccc(C(C)(C)C)cc4)c3)cc(-c3c(C)c(C)cc(C)c3C)c2CO)c1C. The summed E-state index contributed by atoms with van der Waals surface area (Å²) in [6.45, 7) is 38.6. The van der Waals surface area contributed by atoms with Crippen molar-refractivity contribution in [1.82, 2.24) is 0 Å². The van der Waals surface area contributed by atoms with E-state index in [1.165, 1.54) is 106 Å². The summed E-state index contributed by atoms with van der Waals surface area (Å²) < 4.78 is 0. The van der Waals surface area contributed by atoms with Crippen molar-refractivity contribution in [1.29, 1.82) is 0 Å². The maximum atomic E-state index is 11.5. The fourth-order valence-electron chi connectivity index (χ4n) is 9.03. The molecule has 0 atom stereocenters. The molecule has 0 aliphatic rings. The molecule has 0 aliphatic heterocycles. The van der Waals surface area contributed by atoms with E-state index in [1.807, 2.05) is 0 Å². The van der Waals surface area contributed by atoms with Gasteiger partial charge in [-0.15, -0.1) is 0 Å². The lowest BCUT2D eigenvalue weighted by Gasteiger charge is -2.32. The molecule has 0 fully saturated rings. The van der Waals surface area contributed by atoms with Crippen LogP contribution in [0.2, 0.25) is 0 Å². The van der Waals surface area contributed by atoms with Crippen LogP contribution in [0.4, 0.5) is 0 Å². The summed E-state index contributed by atoms with van der Waals surface area (Å²) in [7, 11) is 0. The highest BCUT2D eigenvalue weighted by Gasteiger charge is 2.30. The van der Waals surface area contributed by atoms with Crippen molar-refractivity contribution in [2.24, 2.45) is 0 Å². The van der Waals surface area contributed by atoms with Crippen molar-refractivity contribution in [2.75, 3.05) is 0 Å². The minimum atomic E-state index is -0.410. The number of rotatable bonds is 7. The molecule has 0 amide bonds. The van der Waals surface area contributed by atoms with Gasteiger partial charge in [-0.1, -0.05) is 116 Å². The summed E-state index contributed by atoms with van der Waals surface area (Å²) in [5.41, 5.74) is 27.1. The molecule has 0 saturated carbocycles. The van der Waals surface area contributed by atoms with Gasteiger partial charge in [0.15, 0.2) is 0 Å². The molecule has 0 aliphatic carbocycles. The molecular formula is C57H68O. The fourth-order valence-corrected chi connectivity index (χ4v) is 9.03. The Kier molecular flexibility index (Phi) is 11.4. The van der Waals surface area contributed by atoms with E-state index in [4.69, 9.17) is 0 Å². The van der Waals surface area contributed by atoms with Crippen molar-refractivity contribution in [3.8, 4) is 44.5 Å². The largest absolute Gasteiger partial charge is 0.392 e. The third-order valence-electron chi connectivity index (χ3n) is 13.7. The number of aliphatic hydroxyl groups is 1. The molecule has 302 valence electrons. The summed E-state index contributed by atoms with van der Waals surface area (Å²) in [4.78, 5) is 0. The van der Waals surface area contributed by atoms with Gasteiger partial charge in [0.25, 0.3) is 0 Å². The van der Waals surface area contributed by atoms with Crippen LogP contribution in [-0.4, -0.2) is 5.11 Å². The van der Waals surface area contributed by atoms with Gasteiger partial charge in [-0.3, -0.25) is 0 Å². The lowest BCUT2D eigenvalue weighted by Crippen LogP contribution is -2.20. The standard InChI is InChI=1S/C57H68O/c1-33-26-34(2)38(6)53(37(33)5)50-30-47(31-51(52(50)32-58)54-39(7)35(3)27-36(4)40(54)8)57(16,17)46-28-48(42-18-22-44(23-19-42)55(10,11)12)41(9)49(29-46)43-20-24-45(25-21-43)56(13,14)15/h18-31,58H,32H2,1-17H3. The summed E-state index contributed by atoms with van der Waals surface area (Å²) in [5, 5.41) is 11.5. The lowest BCUT2D eigenvalue weighted by atomic mass is 9.72. The Morgan fingerprint density at radius 2 is 0.655 bits per heavy atom. The molecule has 6 rings (SSSR count). The van der Waals surface area contributed by atoms with E-state index in [1.54, 1.807) is 0 Å². The zero-order valence-corrected chi connectivity index (χ0v) is 38.7. The van der Waals surface area contributed by atoms with Gasteiger partial charge in [-0.25, -0.2) is 0 Å². The monoisotopic (exact) mass is 769 g/mol. The Bertz CT molecular complexity index is 2310. The maximum Gasteiger partial charge on any atom is 0.0693 e. The van der Waals surface area contributed by atoms with E-state index in [9.17, 15) is 5.11 Å². The first kappa shape index (κ1) is 42.9. The average Bonchev–Trinajstić information content (AvgIpc) is 3.16. The lowest BCUT2D eigenvalue weighted by molar-refractivity contribution is 0.283. The predicted molar refractivity (Wildman–Crippen MR) is 253 cm³/mol. The van der Waals surface area contributed by atoms with Crippen LogP contribution in [0.25, 0.3) is 44.5 Å². The van der Waals surface area contributed by atoms with E-state index in [0.717, 1.165) is 16.7 Å². The molecule has 6 aromatic rings. The number of aryl methyl sites for hydroxylation is 4. The van der Waals surface area contributed by atoms with Crippen LogP contribution < -0.4 is 0 Å². The number of hydrogen-bond donors (Lipinski definition) is 1. The van der Waals surface area contributed by atoms with Crippen molar-refractivity contribution >= 4 is 0 Å². The zero-order chi connectivity index (χ0) is 42.8. The quantitative estimate of drug-likeness (QED) is 0.171. The Morgan fingerprint density at radius 3 is 0.931 bits per heavy atom. The smallest absolute Gasteiger partial charge is 0.0693 e. The molecule has 0 unspecified atom stereocenters. The van der Waals surface area contributed by atoms with Crippen molar-refractivity contribution < 1.29 is 5.11 Å². The molecule has 0 saturated heterocycles. The van der Waals surface area contributed by atoms with Crippen LogP contribution in [-0.2, 0) is 22.9 Å². The average molecular weight is 769 g/mol. The number of benzene rings is 6. The van der Waals surface area contributed by atoms with Gasteiger partial charge in [0.2, 0.25) is 0 Å². The second-order valence-electron chi connectivity index (χ2n) is 20.0. The van der Waals surface area contributed by atoms with Gasteiger partial charge < -0.3 is 5.11 Å².